The third-order valence-corrected chi connectivity index (χ3v) is 11.4. The minimum Gasteiger partial charge on any atom is -0.437 e. The van der Waals surface area contributed by atoms with E-state index in [1.165, 1.54) is 6.92 Å². The van der Waals surface area contributed by atoms with Gasteiger partial charge in [-0.05, 0) is 46.8 Å². The summed E-state index contributed by atoms with van der Waals surface area (Å²) in [6.45, 7) is 13.3. The predicted molar refractivity (Wildman–Crippen MR) is 124 cm³/mol. The third kappa shape index (κ3) is 6.00. The number of hydrogen-bond acceptors (Lipinski definition) is 6. The molecule has 1 aliphatic heterocycles. The van der Waals surface area contributed by atoms with Crippen molar-refractivity contribution >= 4 is 42.7 Å². The Hall–Kier alpha value is -0.553. The fourth-order valence-electron chi connectivity index (χ4n) is 3.78. The van der Waals surface area contributed by atoms with Crippen LogP contribution in [0.4, 0.5) is 0 Å². The van der Waals surface area contributed by atoms with E-state index in [0.717, 1.165) is 3.58 Å². The van der Waals surface area contributed by atoms with Crippen molar-refractivity contribution in [3.8, 4) is 0 Å². The van der Waals surface area contributed by atoms with Gasteiger partial charge >= 0.3 is 5.97 Å². The molecule has 8 heteroatoms. The van der Waals surface area contributed by atoms with Crippen LogP contribution < -0.4 is 0 Å². The van der Waals surface area contributed by atoms with Gasteiger partial charge in [0.15, 0.2) is 20.4 Å². The van der Waals surface area contributed by atoms with Crippen LogP contribution in [0.15, 0.2) is 21.8 Å². The number of carbonyl (C=O) groups excluding carboxylic acids is 2. The molecule has 29 heavy (non-hydrogen) atoms. The van der Waals surface area contributed by atoms with Gasteiger partial charge in [-0.2, -0.15) is 0 Å². The predicted octanol–water partition coefficient (Wildman–Crippen LogP) is 3.80. The zero-order valence-electron chi connectivity index (χ0n) is 18.3. The van der Waals surface area contributed by atoms with E-state index >= 15 is 0 Å². The monoisotopic (exact) mass is 535 g/mol. The van der Waals surface area contributed by atoms with E-state index in [0.29, 0.717) is 25.9 Å². The van der Waals surface area contributed by atoms with Gasteiger partial charge in [0.1, 0.15) is 0 Å². The van der Waals surface area contributed by atoms with Gasteiger partial charge in [0.25, 0.3) is 0 Å². The molecule has 0 saturated carbocycles. The zero-order chi connectivity index (χ0) is 22.0. The molecule has 2 aliphatic rings. The summed E-state index contributed by atoms with van der Waals surface area (Å²) in [6.07, 6.45) is 5.89. The van der Waals surface area contributed by atoms with Gasteiger partial charge in [-0.3, -0.25) is 14.5 Å². The number of allylic oxidation sites excluding steroid dienone is 1. The fourth-order valence-corrected chi connectivity index (χ4v) is 5.94. The molecule has 2 rings (SSSR count). The summed E-state index contributed by atoms with van der Waals surface area (Å²) >= 11 is 2.31. The lowest BCUT2D eigenvalue weighted by Crippen LogP contribution is -2.55. The number of ketones is 1. The molecular weight excluding hydrogens is 501 g/mol. The lowest BCUT2D eigenvalue weighted by atomic mass is 9.69. The van der Waals surface area contributed by atoms with Crippen LogP contribution in [-0.4, -0.2) is 62.1 Å². The maximum Gasteiger partial charge on any atom is 0.304 e. The molecule has 0 spiro atoms. The van der Waals surface area contributed by atoms with Crippen LogP contribution in [0.2, 0.25) is 18.1 Å². The van der Waals surface area contributed by atoms with Gasteiger partial charge in [-0.1, -0.05) is 32.9 Å². The van der Waals surface area contributed by atoms with E-state index in [1.54, 1.807) is 6.08 Å². The highest BCUT2D eigenvalue weighted by Crippen LogP contribution is 2.46. The molecular formula is C21H34INO5Si. The Bertz CT molecular complexity index is 700. The number of nitrogens with zero attached hydrogens (tertiary/aromatic N) is 1. The second-order valence-electron chi connectivity index (χ2n) is 9.54. The summed E-state index contributed by atoms with van der Waals surface area (Å²) in [5.74, 6) is -0.299. The fraction of sp³-hybridized carbons (Fsp3) is 0.714. The summed E-state index contributed by atoms with van der Waals surface area (Å²) in [5.41, 5.74) is -0.486. The molecule has 0 saturated heterocycles. The van der Waals surface area contributed by atoms with E-state index in [9.17, 15) is 14.7 Å². The molecule has 0 fully saturated rings. The molecule has 2 unspecified atom stereocenters. The van der Waals surface area contributed by atoms with Crippen molar-refractivity contribution in [1.82, 2.24) is 4.90 Å². The molecule has 0 amide bonds. The Morgan fingerprint density at radius 3 is 2.66 bits per heavy atom. The van der Waals surface area contributed by atoms with Gasteiger partial charge in [0.05, 0.1) is 6.61 Å². The first-order chi connectivity index (χ1) is 13.3. The third-order valence-electron chi connectivity index (χ3n) is 6.25. The SMILES string of the molecule is CC(=O)OC(C[C@@]12C=CC(=O)CC1N(CCO)CC(I)=C2)O[Si](C)(C)C(C)(C)C. The van der Waals surface area contributed by atoms with Crippen LogP contribution in [0.5, 0.6) is 0 Å². The summed E-state index contributed by atoms with van der Waals surface area (Å²) in [6, 6.07) is -0.0910. The normalized spacial score (nSPS) is 26.7. The summed E-state index contributed by atoms with van der Waals surface area (Å²) in [7, 11) is -2.19. The van der Waals surface area contributed by atoms with Gasteiger partial charge in [0, 0.05) is 47.9 Å². The maximum atomic E-state index is 12.2. The Kier molecular flexibility index (Phi) is 7.92. The average Bonchev–Trinajstić information content (AvgIpc) is 2.54. The zero-order valence-corrected chi connectivity index (χ0v) is 21.5. The maximum absolute atomic E-state index is 12.2. The average molecular weight is 535 g/mol. The van der Waals surface area contributed by atoms with Gasteiger partial charge in [-0.15, -0.1) is 0 Å². The number of β-amino-alcohol motifs (C(OH)–C–C–N with tert-alkyl or cyclic N) is 1. The van der Waals surface area contributed by atoms with Gasteiger partial charge in [-0.25, -0.2) is 0 Å². The number of aliphatic hydroxyl groups excluding tert-OH is 1. The van der Waals surface area contributed by atoms with Crippen molar-refractivity contribution in [3.05, 3.63) is 21.8 Å². The molecule has 6 nitrogen and oxygen atoms in total. The molecule has 0 bridgehead atoms. The van der Waals surface area contributed by atoms with E-state index in [-0.39, 0.29) is 29.4 Å². The molecule has 1 heterocycles. The number of fused-ring (bicyclic) bond motifs is 1. The molecule has 164 valence electrons. The highest BCUT2D eigenvalue weighted by molar-refractivity contribution is 14.1. The van der Waals surface area contributed by atoms with Crippen LogP contribution in [0.1, 0.15) is 40.5 Å². The lowest BCUT2D eigenvalue weighted by molar-refractivity contribution is -0.167. The van der Waals surface area contributed by atoms with Crippen LogP contribution in [0.25, 0.3) is 0 Å². The molecule has 1 aliphatic carbocycles. The van der Waals surface area contributed by atoms with E-state index < -0.39 is 20.0 Å². The minimum atomic E-state index is -2.19. The second-order valence-corrected chi connectivity index (χ2v) is 15.7. The number of hydrogen-bond donors (Lipinski definition) is 1. The van der Waals surface area contributed by atoms with E-state index in [2.05, 4.69) is 67.4 Å². The Morgan fingerprint density at radius 2 is 2.10 bits per heavy atom. The molecule has 1 N–H and O–H groups in total. The van der Waals surface area contributed by atoms with Crippen LogP contribution in [-0.2, 0) is 18.8 Å². The van der Waals surface area contributed by atoms with Crippen LogP contribution >= 0.6 is 22.6 Å². The van der Waals surface area contributed by atoms with E-state index in [1.807, 2.05) is 6.08 Å². The summed E-state index contributed by atoms with van der Waals surface area (Å²) < 4.78 is 13.3. The highest BCUT2D eigenvalue weighted by atomic mass is 127. The smallest absolute Gasteiger partial charge is 0.304 e. The number of carbonyl (C=O) groups is 2. The minimum absolute atomic E-state index is 0.0272. The van der Waals surface area contributed by atoms with Crippen molar-refractivity contribution in [2.24, 2.45) is 5.41 Å². The second kappa shape index (κ2) is 9.29. The number of aliphatic hydroxyl groups is 1. The Balaban J connectivity index is 2.42. The molecule has 3 atom stereocenters. The molecule has 0 aromatic heterocycles. The first-order valence-electron chi connectivity index (χ1n) is 10.1. The van der Waals surface area contributed by atoms with Crippen LogP contribution in [0.3, 0.4) is 0 Å². The van der Waals surface area contributed by atoms with Gasteiger partial charge in [0.2, 0.25) is 0 Å². The van der Waals surface area contributed by atoms with Crippen molar-refractivity contribution in [3.63, 3.8) is 0 Å². The number of rotatable bonds is 7. The molecule has 0 aromatic rings. The Morgan fingerprint density at radius 1 is 1.45 bits per heavy atom. The number of ether oxygens (including phenoxy) is 1. The van der Waals surface area contributed by atoms with Crippen LogP contribution in [0, 0.1) is 5.41 Å². The summed E-state index contributed by atoms with van der Waals surface area (Å²) in [5, 5.41) is 9.51. The van der Waals surface area contributed by atoms with E-state index in [4.69, 9.17) is 9.16 Å². The first-order valence-corrected chi connectivity index (χ1v) is 14.1. The Labute approximate surface area is 189 Å². The van der Waals surface area contributed by atoms with Crippen molar-refractivity contribution < 1.29 is 23.9 Å². The first kappa shape index (κ1) is 24.7. The summed E-state index contributed by atoms with van der Waals surface area (Å²) in [4.78, 5) is 26.2. The van der Waals surface area contributed by atoms with Crippen molar-refractivity contribution in [2.75, 3.05) is 19.7 Å². The van der Waals surface area contributed by atoms with Gasteiger partial charge < -0.3 is 14.3 Å². The topological polar surface area (TPSA) is 76.1 Å². The quantitative estimate of drug-likeness (QED) is 0.231. The molecule has 0 aromatic carbocycles. The lowest BCUT2D eigenvalue weighted by Gasteiger charge is -2.49. The standard InChI is InChI=1S/C21H34INO5Si/c1-15(25)27-19(28-29(5,6)20(2,3)4)13-21-8-7-17(26)11-18(21)23(9-10-24)14-16(22)12-21/h7-8,12,18-19,24H,9-11,13-14H2,1-6H3/t18?,19?,21-/m0/s1. The van der Waals surface area contributed by atoms with Crippen molar-refractivity contribution in [2.45, 2.75) is 71.0 Å². The largest absolute Gasteiger partial charge is 0.437 e. The molecule has 0 radical (unpaired) electrons. The van der Waals surface area contributed by atoms with Crippen molar-refractivity contribution in [1.29, 1.82) is 0 Å². The number of esters is 1. The number of halogens is 1. The highest BCUT2D eigenvalue weighted by Gasteiger charge is 2.48.